The number of H-pyrrole nitrogens is 1. The molecule has 0 aliphatic heterocycles. The van der Waals surface area contributed by atoms with Crippen LogP contribution in [0.2, 0.25) is 0 Å². The van der Waals surface area contributed by atoms with Gasteiger partial charge in [-0.25, -0.2) is 0 Å². The van der Waals surface area contributed by atoms with Crippen molar-refractivity contribution in [3.63, 3.8) is 0 Å². The zero-order valence-corrected chi connectivity index (χ0v) is 10.6. The van der Waals surface area contributed by atoms with Crippen LogP contribution in [-0.2, 0) is 0 Å². The summed E-state index contributed by atoms with van der Waals surface area (Å²) in [6.07, 6.45) is 0. The summed E-state index contributed by atoms with van der Waals surface area (Å²) in [5.41, 5.74) is 12.6. The van der Waals surface area contributed by atoms with Crippen LogP contribution in [0.5, 0.6) is 5.75 Å². The molecule has 2 aromatic heterocycles. The van der Waals surface area contributed by atoms with Gasteiger partial charge in [0.15, 0.2) is 5.82 Å². The van der Waals surface area contributed by atoms with Crippen molar-refractivity contribution < 1.29 is 9.15 Å². The SMILES string of the molecule is COc1ccc(-c2nnc(-c3c(N)n[nH]c3N)o2)cc1. The van der Waals surface area contributed by atoms with Crippen LogP contribution in [0.15, 0.2) is 28.7 Å². The molecule has 0 fully saturated rings. The lowest BCUT2D eigenvalue weighted by atomic mass is 10.2. The highest BCUT2D eigenvalue weighted by Crippen LogP contribution is 2.30. The van der Waals surface area contributed by atoms with Gasteiger partial charge in [0.1, 0.15) is 17.1 Å². The number of aromatic amines is 1. The lowest BCUT2D eigenvalue weighted by Crippen LogP contribution is -1.91. The third-order valence-corrected chi connectivity index (χ3v) is 2.80. The standard InChI is InChI=1S/C12H12N6O2/c1-19-7-4-2-6(3-5-7)11-17-18-12(20-11)8-9(13)15-16-10(8)14/h2-5H,1H3,(H5,13,14,15,16). The van der Waals surface area contributed by atoms with Crippen LogP contribution in [0, 0.1) is 0 Å². The minimum absolute atomic E-state index is 0.215. The number of nitrogens with zero attached hydrogens (tertiary/aromatic N) is 3. The van der Waals surface area contributed by atoms with Gasteiger partial charge in [0.25, 0.3) is 5.89 Å². The summed E-state index contributed by atoms with van der Waals surface area (Å²) < 4.78 is 10.7. The average molecular weight is 272 g/mol. The second-order valence-corrected chi connectivity index (χ2v) is 4.04. The molecule has 102 valence electrons. The Morgan fingerprint density at radius 1 is 1.10 bits per heavy atom. The first-order valence-electron chi connectivity index (χ1n) is 5.76. The maximum Gasteiger partial charge on any atom is 0.255 e. The highest BCUT2D eigenvalue weighted by Gasteiger charge is 2.18. The quantitative estimate of drug-likeness (QED) is 0.655. The van der Waals surface area contributed by atoms with E-state index in [1.54, 1.807) is 19.2 Å². The molecule has 0 bridgehead atoms. The molecule has 0 amide bonds. The van der Waals surface area contributed by atoms with Crippen LogP contribution in [0.1, 0.15) is 0 Å². The molecule has 2 heterocycles. The molecular weight excluding hydrogens is 260 g/mol. The van der Waals surface area contributed by atoms with E-state index < -0.39 is 0 Å². The van der Waals surface area contributed by atoms with Crippen molar-refractivity contribution in [1.82, 2.24) is 20.4 Å². The van der Waals surface area contributed by atoms with Crippen LogP contribution in [0.4, 0.5) is 11.6 Å². The average Bonchev–Trinajstić information content (AvgIpc) is 3.06. The van der Waals surface area contributed by atoms with Gasteiger partial charge < -0.3 is 20.6 Å². The first-order chi connectivity index (χ1) is 9.69. The normalized spacial score (nSPS) is 10.7. The van der Waals surface area contributed by atoms with Gasteiger partial charge in [0, 0.05) is 5.56 Å². The summed E-state index contributed by atoms with van der Waals surface area (Å²) >= 11 is 0. The number of aromatic nitrogens is 4. The molecule has 20 heavy (non-hydrogen) atoms. The van der Waals surface area contributed by atoms with E-state index in [4.69, 9.17) is 20.6 Å². The minimum atomic E-state index is 0.215. The highest BCUT2D eigenvalue weighted by atomic mass is 16.5. The number of nitrogens with one attached hydrogen (secondary N) is 1. The van der Waals surface area contributed by atoms with Crippen molar-refractivity contribution in [3.05, 3.63) is 24.3 Å². The summed E-state index contributed by atoms with van der Waals surface area (Å²) in [6.45, 7) is 0. The van der Waals surface area contributed by atoms with E-state index in [2.05, 4.69) is 20.4 Å². The molecule has 0 atom stereocenters. The van der Waals surface area contributed by atoms with E-state index in [0.29, 0.717) is 11.5 Å². The molecule has 1 aromatic carbocycles. The third-order valence-electron chi connectivity index (χ3n) is 2.80. The molecule has 0 aliphatic rings. The van der Waals surface area contributed by atoms with Crippen LogP contribution in [-0.4, -0.2) is 27.5 Å². The van der Waals surface area contributed by atoms with Gasteiger partial charge in [0.2, 0.25) is 5.89 Å². The van der Waals surface area contributed by atoms with Crippen molar-refractivity contribution in [1.29, 1.82) is 0 Å². The zero-order valence-electron chi connectivity index (χ0n) is 10.6. The van der Waals surface area contributed by atoms with Crippen molar-refractivity contribution in [3.8, 4) is 28.7 Å². The van der Waals surface area contributed by atoms with Gasteiger partial charge >= 0.3 is 0 Å². The molecule has 0 spiro atoms. The monoisotopic (exact) mass is 272 g/mol. The largest absolute Gasteiger partial charge is 0.497 e. The number of rotatable bonds is 3. The Hall–Kier alpha value is -3.03. The summed E-state index contributed by atoms with van der Waals surface area (Å²) in [5, 5.41) is 14.2. The van der Waals surface area contributed by atoms with E-state index in [9.17, 15) is 0 Å². The van der Waals surface area contributed by atoms with E-state index in [1.807, 2.05) is 12.1 Å². The maximum atomic E-state index is 5.72. The molecule has 3 rings (SSSR count). The van der Waals surface area contributed by atoms with Crippen LogP contribution in [0.25, 0.3) is 22.9 Å². The van der Waals surface area contributed by atoms with Gasteiger partial charge in [-0.05, 0) is 24.3 Å². The van der Waals surface area contributed by atoms with Crippen LogP contribution >= 0.6 is 0 Å². The fraction of sp³-hybridized carbons (Fsp3) is 0.0833. The Morgan fingerprint density at radius 2 is 1.80 bits per heavy atom. The Kier molecular flexibility index (Phi) is 2.75. The smallest absolute Gasteiger partial charge is 0.255 e. The fourth-order valence-corrected chi connectivity index (χ4v) is 1.77. The molecule has 0 aliphatic carbocycles. The Balaban J connectivity index is 1.97. The Morgan fingerprint density at radius 3 is 2.40 bits per heavy atom. The van der Waals surface area contributed by atoms with Crippen molar-refractivity contribution in [2.75, 3.05) is 18.6 Å². The third kappa shape index (κ3) is 1.92. The molecule has 8 nitrogen and oxygen atoms in total. The second-order valence-electron chi connectivity index (χ2n) is 4.04. The number of hydrogen-bond donors (Lipinski definition) is 3. The number of anilines is 2. The predicted molar refractivity (Wildman–Crippen MR) is 72.7 cm³/mol. The van der Waals surface area contributed by atoms with E-state index in [-0.39, 0.29) is 17.5 Å². The number of hydrogen-bond acceptors (Lipinski definition) is 7. The van der Waals surface area contributed by atoms with E-state index in [0.717, 1.165) is 11.3 Å². The number of nitrogen functional groups attached to an aromatic ring is 2. The summed E-state index contributed by atoms with van der Waals surface area (Å²) in [5.74, 6) is 1.83. The molecule has 0 saturated heterocycles. The van der Waals surface area contributed by atoms with Gasteiger partial charge in [0.05, 0.1) is 7.11 Å². The topological polar surface area (TPSA) is 129 Å². The Labute approximate surface area is 113 Å². The molecule has 0 radical (unpaired) electrons. The van der Waals surface area contributed by atoms with Crippen LogP contribution < -0.4 is 16.2 Å². The van der Waals surface area contributed by atoms with Crippen molar-refractivity contribution in [2.45, 2.75) is 0 Å². The van der Waals surface area contributed by atoms with Crippen molar-refractivity contribution in [2.24, 2.45) is 0 Å². The van der Waals surface area contributed by atoms with Gasteiger partial charge in [-0.2, -0.15) is 5.10 Å². The fourth-order valence-electron chi connectivity index (χ4n) is 1.77. The molecule has 0 saturated carbocycles. The molecule has 3 aromatic rings. The van der Waals surface area contributed by atoms with Gasteiger partial charge in [-0.1, -0.05) is 0 Å². The molecular formula is C12H12N6O2. The van der Waals surface area contributed by atoms with Crippen molar-refractivity contribution >= 4 is 11.6 Å². The molecule has 5 N–H and O–H groups in total. The first kappa shape index (κ1) is 12.0. The second kappa shape index (κ2) is 4.57. The number of benzene rings is 1. The predicted octanol–water partition coefficient (Wildman–Crippen LogP) is 1.30. The summed E-state index contributed by atoms with van der Waals surface area (Å²) in [7, 11) is 1.60. The molecule has 0 unspecified atom stereocenters. The van der Waals surface area contributed by atoms with Crippen LogP contribution in [0.3, 0.4) is 0 Å². The number of nitrogens with two attached hydrogens (primary N) is 2. The number of methoxy groups -OCH3 is 1. The summed E-state index contributed by atoms with van der Waals surface area (Å²) in [4.78, 5) is 0. The van der Waals surface area contributed by atoms with E-state index >= 15 is 0 Å². The van der Waals surface area contributed by atoms with Gasteiger partial charge in [-0.3, -0.25) is 5.10 Å². The Bertz CT molecular complexity index is 711. The zero-order chi connectivity index (χ0) is 14.1. The van der Waals surface area contributed by atoms with E-state index in [1.165, 1.54) is 0 Å². The minimum Gasteiger partial charge on any atom is -0.497 e. The summed E-state index contributed by atoms with van der Waals surface area (Å²) in [6, 6.07) is 7.25. The molecule has 8 heteroatoms. The van der Waals surface area contributed by atoms with Gasteiger partial charge in [-0.15, -0.1) is 10.2 Å². The first-order valence-corrected chi connectivity index (χ1v) is 5.76. The maximum absolute atomic E-state index is 5.72. The lowest BCUT2D eigenvalue weighted by Gasteiger charge is -1.99. The lowest BCUT2D eigenvalue weighted by molar-refractivity contribution is 0.415. The number of ether oxygens (including phenoxy) is 1. The highest BCUT2D eigenvalue weighted by molar-refractivity contribution is 5.78.